The van der Waals surface area contributed by atoms with Crippen LogP contribution in [0.2, 0.25) is 0 Å². The van der Waals surface area contributed by atoms with E-state index in [9.17, 15) is 0 Å². The monoisotopic (exact) mass is 224 g/mol. The Hall–Kier alpha value is -1.27. The summed E-state index contributed by atoms with van der Waals surface area (Å²) in [6, 6.07) is 0.273. The average Bonchev–Trinajstić information content (AvgIpc) is 2.71. The predicted molar refractivity (Wildman–Crippen MR) is 60.8 cm³/mol. The maximum absolute atomic E-state index is 5.55. The molecular weight excluding hydrogens is 212 g/mol. The van der Waals surface area contributed by atoms with Crippen LogP contribution >= 0.6 is 12.2 Å². The van der Waals surface area contributed by atoms with Crippen molar-refractivity contribution in [3.05, 3.63) is 18.1 Å². The molecule has 1 aliphatic rings. The highest BCUT2D eigenvalue weighted by Crippen LogP contribution is 2.14. The second-order valence-corrected chi connectivity index (χ2v) is 3.76. The van der Waals surface area contributed by atoms with Gasteiger partial charge < -0.3 is 15.8 Å². The lowest BCUT2D eigenvalue weighted by molar-refractivity contribution is 0.195. The van der Waals surface area contributed by atoms with Crippen molar-refractivity contribution in [1.82, 2.24) is 9.97 Å². The second-order valence-electron chi connectivity index (χ2n) is 3.32. The van der Waals surface area contributed by atoms with E-state index in [1.54, 1.807) is 12.4 Å². The fraction of sp³-hybridized carbons (Fsp3) is 0.444. The normalized spacial score (nSPS) is 20.1. The van der Waals surface area contributed by atoms with E-state index in [-0.39, 0.29) is 11.0 Å². The molecule has 1 saturated heterocycles. The Morgan fingerprint density at radius 1 is 1.53 bits per heavy atom. The fourth-order valence-corrected chi connectivity index (χ4v) is 1.62. The highest BCUT2D eigenvalue weighted by molar-refractivity contribution is 7.80. The molecule has 5 nitrogen and oxygen atoms in total. The Bertz CT molecular complexity index is 365. The summed E-state index contributed by atoms with van der Waals surface area (Å²) in [4.78, 5) is 8.51. The predicted octanol–water partition coefficient (Wildman–Crippen LogP) is 0.312. The molecule has 1 aliphatic heterocycles. The number of nitrogens with one attached hydrogen (secondary N) is 1. The van der Waals surface area contributed by atoms with Crippen molar-refractivity contribution < 1.29 is 4.74 Å². The molecule has 0 bridgehead atoms. The van der Waals surface area contributed by atoms with E-state index < -0.39 is 0 Å². The fourth-order valence-electron chi connectivity index (χ4n) is 1.47. The first-order chi connectivity index (χ1) is 7.27. The van der Waals surface area contributed by atoms with Crippen LogP contribution in [0.1, 0.15) is 12.1 Å². The number of thiocarbonyl (C=S) groups is 1. The van der Waals surface area contributed by atoms with Crippen LogP contribution in [0.4, 0.5) is 5.82 Å². The van der Waals surface area contributed by atoms with Gasteiger partial charge in [0, 0.05) is 19.0 Å². The molecule has 2 heterocycles. The Labute approximate surface area is 93.1 Å². The molecule has 80 valence electrons. The first kappa shape index (κ1) is 10.3. The molecule has 6 heteroatoms. The van der Waals surface area contributed by atoms with E-state index in [1.807, 2.05) is 0 Å². The topological polar surface area (TPSA) is 73.1 Å². The number of aromatic nitrogens is 2. The zero-order valence-electron chi connectivity index (χ0n) is 8.14. The van der Waals surface area contributed by atoms with Crippen LogP contribution < -0.4 is 11.1 Å². The van der Waals surface area contributed by atoms with Gasteiger partial charge in [0.1, 0.15) is 10.7 Å². The Balaban J connectivity index is 2.15. The molecule has 1 aromatic rings. The molecule has 1 aromatic heterocycles. The summed E-state index contributed by atoms with van der Waals surface area (Å²) in [5, 5.41) is 3.22. The van der Waals surface area contributed by atoms with Gasteiger partial charge in [0.2, 0.25) is 0 Å². The standard InChI is InChI=1S/C9H12N4OS/c10-8(15)7-9(12-3-2-11-7)13-6-1-4-14-5-6/h2-3,6H,1,4-5H2,(H2,10,15)(H,12,13). The molecule has 3 N–H and O–H groups in total. The summed E-state index contributed by atoms with van der Waals surface area (Å²) < 4.78 is 5.25. The molecule has 2 rings (SSSR count). The second kappa shape index (κ2) is 4.50. The smallest absolute Gasteiger partial charge is 0.155 e. The largest absolute Gasteiger partial charge is 0.388 e. The lowest BCUT2D eigenvalue weighted by Crippen LogP contribution is -2.23. The molecule has 1 fully saturated rings. The molecule has 0 aromatic carbocycles. The Morgan fingerprint density at radius 3 is 3.00 bits per heavy atom. The van der Waals surface area contributed by atoms with Crippen molar-refractivity contribution in [3.8, 4) is 0 Å². The van der Waals surface area contributed by atoms with Gasteiger partial charge >= 0.3 is 0 Å². The first-order valence-electron chi connectivity index (χ1n) is 4.72. The van der Waals surface area contributed by atoms with Crippen LogP contribution in [-0.4, -0.2) is 34.2 Å². The maximum atomic E-state index is 5.55. The van der Waals surface area contributed by atoms with E-state index in [0.717, 1.165) is 13.0 Å². The maximum Gasteiger partial charge on any atom is 0.155 e. The summed E-state index contributed by atoms with van der Waals surface area (Å²) in [7, 11) is 0. The van der Waals surface area contributed by atoms with Gasteiger partial charge in [0.25, 0.3) is 0 Å². The Morgan fingerprint density at radius 2 is 2.33 bits per heavy atom. The molecule has 0 spiro atoms. The third-order valence-electron chi connectivity index (χ3n) is 2.20. The van der Waals surface area contributed by atoms with Gasteiger partial charge in [-0.3, -0.25) is 0 Å². The van der Waals surface area contributed by atoms with E-state index in [0.29, 0.717) is 18.1 Å². The number of hydrogen-bond donors (Lipinski definition) is 2. The summed E-state index contributed by atoms with van der Waals surface area (Å²) >= 11 is 4.89. The minimum atomic E-state index is 0.254. The van der Waals surface area contributed by atoms with E-state index in [4.69, 9.17) is 22.7 Å². The highest BCUT2D eigenvalue weighted by Gasteiger charge is 2.18. The molecule has 0 saturated carbocycles. The molecular formula is C9H12N4OS. The molecule has 0 aliphatic carbocycles. The summed E-state index contributed by atoms with van der Waals surface area (Å²) in [6.07, 6.45) is 4.15. The van der Waals surface area contributed by atoms with Gasteiger partial charge in [0.05, 0.1) is 12.6 Å². The van der Waals surface area contributed by atoms with Gasteiger partial charge in [0.15, 0.2) is 5.82 Å². The van der Waals surface area contributed by atoms with Crippen LogP contribution in [0.5, 0.6) is 0 Å². The third-order valence-corrected chi connectivity index (χ3v) is 2.40. The highest BCUT2D eigenvalue weighted by atomic mass is 32.1. The van der Waals surface area contributed by atoms with Gasteiger partial charge in [-0.2, -0.15) is 0 Å². The number of hydrogen-bond acceptors (Lipinski definition) is 5. The van der Waals surface area contributed by atoms with E-state index >= 15 is 0 Å². The average molecular weight is 224 g/mol. The minimum absolute atomic E-state index is 0.254. The van der Waals surface area contributed by atoms with Crippen LogP contribution in [0, 0.1) is 0 Å². The number of anilines is 1. The van der Waals surface area contributed by atoms with Crippen molar-refractivity contribution >= 4 is 23.0 Å². The number of ether oxygens (including phenoxy) is 1. The SMILES string of the molecule is NC(=S)c1nccnc1NC1CCOC1. The van der Waals surface area contributed by atoms with Crippen molar-refractivity contribution in [3.63, 3.8) is 0 Å². The quantitative estimate of drug-likeness (QED) is 0.720. The van der Waals surface area contributed by atoms with Crippen LogP contribution in [-0.2, 0) is 4.74 Å². The van der Waals surface area contributed by atoms with Crippen LogP contribution in [0.15, 0.2) is 12.4 Å². The van der Waals surface area contributed by atoms with Crippen LogP contribution in [0.25, 0.3) is 0 Å². The van der Waals surface area contributed by atoms with Crippen molar-refractivity contribution in [2.45, 2.75) is 12.5 Å². The van der Waals surface area contributed by atoms with E-state index in [2.05, 4.69) is 15.3 Å². The zero-order valence-corrected chi connectivity index (χ0v) is 8.96. The lowest BCUT2D eigenvalue weighted by Gasteiger charge is -2.13. The van der Waals surface area contributed by atoms with Crippen molar-refractivity contribution in [2.24, 2.45) is 5.73 Å². The van der Waals surface area contributed by atoms with Crippen molar-refractivity contribution in [1.29, 1.82) is 0 Å². The van der Waals surface area contributed by atoms with Crippen LogP contribution in [0.3, 0.4) is 0 Å². The zero-order chi connectivity index (χ0) is 10.7. The van der Waals surface area contributed by atoms with Gasteiger partial charge in [-0.1, -0.05) is 12.2 Å². The molecule has 0 radical (unpaired) electrons. The lowest BCUT2D eigenvalue weighted by atomic mass is 10.2. The van der Waals surface area contributed by atoms with Gasteiger partial charge in [-0.05, 0) is 6.42 Å². The van der Waals surface area contributed by atoms with Gasteiger partial charge in [-0.25, -0.2) is 9.97 Å². The summed E-state index contributed by atoms with van der Waals surface area (Å²) in [6.45, 7) is 1.47. The Kier molecular flexibility index (Phi) is 3.08. The van der Waals surface area contributed by atoms with Crippen molar-refractivity contribution in [2.75, 3.05) is 18.5 Å². The van der Waals surface area contributed by atoms with E-state index in [1.165, 1.54) is 0 Å². The number of nitrogens with two attached hydrogens (primary N) is 1. The molecule has 0 amide bonds. The summed E-state index contributed by atoms with van der Waals surface area (Å²) in [5.74, 6) is 0.639. The molecule has 15 heavy (non-hydrogen) atoms. The number of rotatable bonds is 3. The summed E-state index contributed by atoms with van der Waals surface area (Å²) in [5.41, 5.74) is 6.09. The number of nitrogens with zero attached hydrogens (tertiary/aromatic N) is 2. The van der Waals surface area contributed by atoms with Gasteiger partial charge in [-0.15, -0.1) is 0 Å². The third kappa shape index (κ3) is 2.40. The molecule has 1 atom stereocenters. The minimum Gasteiger partial charge on any atom is -0.388 e. The molecule has 1 unspecified atom stereocenters. The first-order valence-corrected chi connectivity index (χ1v) is 5.13.